The van der Waals surface area contributed by atoms with Crippen LogP contribution in [0.3, 0.4) is 0 Å². The Morgan fingerprint density at radius 1 is 1.06 bits per heavy atom. The molecule has 4 aromatic rings. The molecule has 2 aromatic heterocycles. The van der Waals surface area contributed by atoms with Crippen molar-refractivity contribution >= 4 is 50.7 Å². The van der Waals surface area contributed by atoms with Gasteiger partial charge in [-0.3, -0.25) is 9.59 Å². The van der Waals surface area contributed by atoms with E-state index in [0.717, 1.165) is 44.0 Å². The van der Waals surface area contributed by atoms with Crippen LogP contribution in [0.2, 0.25) is 5.02 Å². The van der Waals surface area contributed by atoms with Crippen molar-refractivity contribution in [3.63, 3.8) is 0 Å². The number of aromatic nitrogens is 2. The Morgan fingerprint density at radius 3 is 2.33 bits per heavy atom. The molecule has 33 heavy (non-hydrogen) atoms. The maximum atomic E-state index is 13.1. The van der Waals surface area contributed by atoms with Gasteiger partial charge in [0.2, 0.25) is 5.91 Å². The number of thiophene rings is 1. The number of carbonyl (C=O) groups is 2. The van der Waals surface area contributed by atoms with Gasteiger partial charge in [0.25, 0.3) is 5.91 Å². The van der Waals surface area contributed by atoms with Gasteiger partial charge in [0.05, 0.1) is 22.8 Å². The van der Waals surface area contributed by atoms with E-state index in [2.05, 4.69) is 10.4 Å². The predicted octanol–water partition coefficient (Wildman–Crippen LogP) is 5.68. The molecule has 0 atom stereocenters. The maximum absolute atomic E-state index is 13.1. The number of hydrogen-bond acceptors (Lipinski definition) is 4. The number of hydrogen-bond donors (Lipinski definition) is 1. The van der Waals surface area contributed by atoms with Crippen molar-refractivity contribution in [3.05, 3.63) is 74.7 Å². The molecule has 0 saturated heterocycles. The van der Waals surface area contributed by atoms with Crippen molar-refractivity contribution < 1.29 is 9.59 Å². The van der Waals surface area contributed by atoms with Crippen LogP contribution >= 0.6 is 22.9 Å². The molecule has 2 aromatic carbocycles. The van der Waals surface area contributed by atoms with E-state index in [0.29, 0.717) is 9.90 Å². The summed E-state index contributed by atoms with van der Waals surface area (Å²) in [5.41, 5.74) is 5.65. The van der Waals surface area contributed by atoms with Crippen LogP contribution in [0.15, 0.2) is 42.5 Å². The number of likely N-dealkylation sites (N-methyl/N-ethyl adjacent to an activating group) is 1. The number of halogens is 1. The number of nitrogens with one attached hydrogen (secondary N) is 1. The average molecular weight is 481 g/mol. The molecule has 0 aliphatic rings. The zero-order valence-electron chi connectivity index (χ0n) is 19.2. The second-order valence-corrected chi connectivity index (χ2v) is 9.75. The van der Waals surface area contributed by atoms with Crippen molar-refractivity contribution in [2.24, 2.45) is 0 Å². The number of fused-ring (bicyclic) bond motifs is 1. The Bertz CT molecular complexity index is 1350. The van der Waals surface area contributed by atoms with Gasteiger partial charge >= 0.3 is 0 Å². The van der Waals surface area contributed by atoms with Crippen LogP contribution in [0.4, 0.5) is 5.69 Å². The summed E-state index contributed by atoms with van der Waals surface area (Å²) < 4.78 is 1.82. The fourth-order valence-electron chi connectivity index (χ4n) is 3.94. The quantitative estimate of drug-likeness (QED) is 0.399. The minimum atomic E-state index is -0.231. The fourth-order valence-corrected chi connectivity index (χ4v) is 5.24. The summed E-state index contributed by atoms with van der Waals surface area (Å²) in [6, 6.07) is 13.3. The molecule has 170 valence electrons. The first-order valence-electron chi connectivity index (χ1n) is 10.5. The molecule has 4 rings (SSSR count). The Balaban J connectivity index is 1.53. The third-order valence-corrected chi connectivity index (χ3v) is 6.85. The molecule has 8 heteroatoms. The normalized spacial score (nSPS) is 11.1. The first-order valence-corrected chi connectivity index (χ1v) is 11.7. The molecule has 0 aliphatic carbocycles. The van der Waals surface area contributed by atoms with Crippen LogP contribution in [0, 0.1) is 27.7 Å². The number of benzene rings is 2. The molecule has 0 aliphatic heterocycles. The van der Waals surface area contributed by atoms with E-state index in [-0.39, 0.29) is 18.4 Å². The Hall–Kier alpha value is -3.16. The largest absolute Gasteiger partial charge is 0.332 e. The smallest absolute Gasteiger partial charge is 0.264 e. The van der Waals surface area contributed by atoms with Crippen LogP contribution in [-0.2, 0) is 4.79 Å². The molecular formula is C25H25ClN4O2S. The van der Waals surface area contributed by atoms with Gasteiger partial charge < -0.3 is 10.2 Å². The predicted molar refractivity (Wildman–Crippen MR) is 135 cm³/mol. The van der Waals surface area contributed by atoms with Gasteiger partial charge in [0, 0.05) is 23.1 Å². The fraction of sp³-hybridized carbons (Fsp3) is 0.240. The summed E-state index contributed by atoms with van der Waals surface area (Å²) in [7, 11) is 1.64. The number of amides is 2. The van der Waals surface area contributed by atoms with E-state index in [9.17, 15) is 9.59 Å². The van der Waals surface area contributed by atoms with Gasteiger partial charge in [-0.25, -0.2) is 4.68 Å². The molecule has 0 unspecified atom stereocenters. The Kier molecular flexibility index (Phi) is 6.28. The summed E-state index contributed by atoms with van der Waals surface area (Å²) in [5, 5.41) is 9.13. The SMILES string of the molecule is Cc1cc(C)c(NC(=O)CN(C)C(=O)c2cc3c(C)nn(-c4ccc(Cl)cc4)c3s2)c(C)c1. The highest BCUT2D eigenvalue weighted by atomic mass is 35.5. The number of carbonyl (C=O) groups excluding carboxylic acids is 2. The van der Waals surface area contributed by atoms with Gasteiger partial charge in [0.1, 0.15) is 4.83 Å². The number of rotatable bonds is 5. The molecule has 2 heterocycles. The highest BCUT2D eigenvalue weighted by Gasteiger charge is 2.21. The van der Waals surface area contributed by atoms with Crippen molar-refractivity contribution in [1.82, 2.24) is 14.7 Å². The van der Waals surface area contributed by atoms with Crippen molar-refractivity contribution in [2.75, 3.05) is 18.9 Å². The zero-order valence-corrected chi connectivity index (χ0v) is 20.8. The van der Waals surface area contributed by atoms with E-state index in [1.807, 2.05) is 74.8 Å². The highest BCUT2D eigenvalue weighted by molar-refractivity contribution is 7.20. The van der Waals surface area contributed by atoms with Crippen molar-refractivity contribution in [3.8, 4) is 5.69 Å². The van der Waals surface area contributed by atoms with Crippen LogP contribution in [-0.4, -0.2) is 40.1 Å². The highest BCUT2D eigenvalue weighted by Crippen LogP contribution is 2.31. The summed E-state index contributed by atoms with van der Waals surface area (Å²) in [6.07, 6.45) is 0. The topological polar surface area (TPSA) is 67.2 Å². The third kappa shape index (κ3) is 4.65. The lowest BCUT2D eigenvalue weighted by molar-refractivity contribution is -0.116. The van der Waals surface area contributed by atoms with E-state index in [1.54, 1.807) is 7.05 Å². The summed E-state index contributed by atoms with van der Waals surface area (Å²) >= 11 is 7.37. The maximum Gasteiger partial charge on any atom is 0.264 e. The molecule has 6 nitrogen and oxygen atoms in total. The zero-order chi connectivity index (χ0) is 23.9. The standard InChI is InChI=1S/C25H25ClN4O2S/c1-14-10-15(2)23(16(3)11-14)27-22(31)13-29(5)24(32)21-12-20-17(4)28-30(25(20)33-21)19-8-6-18(26)7-9-19/h6-12H,13H2,1-5H3,(H,27,31). The lowest BCUT2D eigenvalue weighted by Gasteiger charge is -2.18. The summed E-state index contributed by atoms with van der Waals surface area (Å²) in [5.74, 6) is -0.434. The second-order valence-electron chi connectivity index (χ2n) is 8.29. The number of nitrogens with zero attached hydrogens (tertiary/aromatic N) is 3. The molecule has 2 amide bonds. The third-order valence-electron chi connectivity index (χ3n) is 5.50. The molecular weight excluding hydrogens is 456 g/mol. The first-order chi connectivity index (χ1) is 15.6. The van der Waals surface area contributed by atoms with Gasteiger partial charge in [-0.1, -0.05) is 29.3 Å². The van der Waals surface area contributed by atoms with E-state index in [1.165, 1.54) is 16.2 Å². The summed E-state index contributed by atoms with van der Waals surface area (Å²) in [6.45, 7) is 7.83. The van der Waals surface area contributed by atoms with Gasteiger partial charge in [-0.15, -0.1) is 11.3 Å². The van der Waals surface area contributed by atoms with Crippen LogP contribution in [0.5, 0.6) is 0 Å². The second kappa shape index (κ2) is 9.00. The molecule has 0 saturated carbocycles. The Morgan fingerprint density at radius 2 is 1.70 bits per heavy atom. The minimum absolute atomic E-state index is 0.0396. The summed E-state index contributed by atoms with van der Waals surface area (Å²) in [4.78, 5) is 28.6. The van der Waals surface area contributed by atoms with E-state index < -0.39 is 0 Å². The van der Waals surface area contributed by atoms with Crippen LogP contribution in [0.25, 0.3) is 15.9 Å². The van der Waals surface area contributed by atoms with Gasteiger partial charge in [-0.2, -0.15) is 5.10 Å². The van der Waals surface area contributed by atoms with Gasteiger partial charge in [0.15, 0.2) is 0 Å². The van der Waals surface area contributed by atoms with Gasteiger partial charge in [-0.05, 0) is 69.2 Å². The van der Waals surface area contributed by atoms with E-state index in [4.69, 9.17) is 11.6 Å². The van der Waals surface area contributed by atoms with Crippen molar-refractivity contribution in [1.29, 1.82) is 0 Å². The van der Waals surface area contributed by atoms with E-state index >= 15 is 0 Å². The average Bonchev–Trinajstić information content (AvgIpc) is 3.31. The van der Waals surface area contributed by atoms with Crippen LogP contribution in [0.1, 0.15) is 32.1 Å². The molecule has 1 N–H and O–H groups in total. The van der Waals surface area contributed by atoms with Crippen LogP contribution < -0.4 is 5.32 Å². The Labute approximate surface area is 201 Å². The monoisotopic (exact) mass is 480 g/mol. The minimum Gasteiger partial charge on any atom is -0.332 e. The van der Waals surface area contributed by atoms with Crippen molar-refractivity contribution in [2.45, 2.75) is 27.7 Å². The number of aryl methyl sites for hydroxylation is 4. The molecule has 0 fully saturated rings. The first kappa shape index (κ1) is 23.0. The molecule has 0 spiro atoms. The molecule has 0 bridgehead atoms. The number of anilines is 1. The molecule has 0 radical (unpaired) electrons. The lowest BCUT2D eigenvalue weighted by Crippen LogP contribution is -2.34. The lowest BCUT2D eigenvalue weighted by atomic mass is 10.1.